The van der Waals surface area contributed by atoms with E-state index in [0.29, 0.717) is 44.8 Å². The van der Waals surface area contributed by atoms with E-state index >= 15 is 0 Å². The Bertz CT molecular complexity index is 1170. The Kier molecular flexibility index (Phi) is 10.8. The summed E-state index contributed by atoms with van der Waals surface area (Å²) < 4.78 is 7.32. The molecule has 0 unspecified atom stereocenters. The van der Waals surface area contributed by atoms with Crippen LogP contribution in [0.25, 0.3) is 0 Å². The molecule has 37 heavy (non-hydrogen) atoms. The number of halogens is 1. The smallest absolute Gasteiger partial charge is 0.254 e. The number of amides is 2. The Balaban J connectivity index is 1.79. The first-order valence-corrected chi connectivity index (χ1v) is 13.2. The molecule has 0 saturated heterocycles. The molecule has 0 aliphatic heterocycles. The van der Waals surface area contributed by atoms with Gasteiger partial charge < -0.3 is 19.1 Å². The van der Waals surface area contributed by atoms with Crippen LogP contribution in [0.5, 0.6) is 0 Å². The Morgan fingerprint density at radius 2 is 1.73 bits per heavy atom. The lowest BCUT2D eigenvalue weighted by Crippen LogP contribution is -2.44. The summed E-state index contributed by atoms with van der Waals surface area (Å²) in [5.74, 6) is 0.0811. The first-order chi connectivity index (χ1) is 17.8. The molecule has 3 rings (SSSR count). The van der Waals surface area contributed by atoms with Crippen LogP contribution in [0.2, 0.25) is 5.02 Å². The van der Waals surface area contributed by atoms with Crippen molar-refractivity contribution >= 4 is 23.4 Å². The number of rotatable bonds is 13. The van der Waals surface area contributed by atoms with Gasteiger partial charge in [-0.3, -0.25) is 9.59 Å². The molecule has 0 bridgehead atoms. The molecule has 2 aromatic carbocycles. The van der Waals surface area contributed by atoms with Crippen LogP contribution in [0, 0.1) is 12.8 Å². The largest absolute Gasteiger partial charge is 0.385 e. The van der Waals surface area contributed by atoms with Gasteiger partial charge in [0, 0.05) is 55.8 Å². The summed E-state index contributed by atoms with van der Waals surface area (Å²) >= 11 is 6.39. The second-order valence-electron chi connectivity index (χ2n) is 9.77. The molecular formula is C30H38ClN3O3. The molecule has 0 aliphatic rings. The predicted molar refractivity (Wildman–Crippen MR) is 149 cm³/mol. The van der Waals surface area contributed by atoms with Crippen LogP contribution >= 0.6 is 11.6 Å². The summed E-state index contributed by atoms with van der Waals surface area (Å²) in [6.45, 7) is 8.79. The molecule has 2 amide bonds. The zero-order valence-corrected chi connectivity index (χ0v) is 23.1. The van der Waals surface area contributed by atoms with Gasteiger partial charge in [0.2, 0.25) is 5.91 Å². The highest BCUT2D eigenvalue weighted by molar-refractivity contribution is 6.31. The number of hydrogen-bond acceptors (Lipinski definition) is 3. The van der Waals surface area contributed by atoms with Gasteiger partial charge in [0.15, 0.2) is 0 Å². The van der Waals surface area contributed by atoms with Crippen molar-refractivity contribution in [3.63, 3.8) is 0 Å². The van der Waals surface area contributed by atoms with Crippen molar-refractivity contribution in [2.75, 3.05) is 33.4 Å². The predicted octanol–water partition coefficient (Wildman–Crippen LogP) is 5.66. The Labute approximate surface area is 225 Å². The summed E-state index contributed by atoms with van der Waals surface area (Å²) in [6.07, 6.45) is 2.67. The highest BCUT2D eigenvalue weighted by Crippen LogP contribution is 2.19. The summed E-state index contributed by atoms with van der Waals surface area (Å²) in [4.78, 5) is 30.6. The first kappa shape index (κ1) is 28.5. The molecule has 6 nitrogen and oxygen atoms in total. The fraction of sp³-hybridized carbons (Fsp3) is 0.400. The van der Waals surface area contributed by atoms with Gasteiger partial charge in [-0.25, -0.2) is 0 Å². The molecule has 0 saturated carbocycles. The van der Waals surface area contributed by atoms with E-state index in [4.69, 9.17) is 16.3 Å². The second kappa shape index (κ2) is 14.0. The average Bonchev–Trinajstić information content (AvgIpc) is 3.30. The van der Waals surface area contributed by atoms with Crippen LogP contribution in [0.15, 0.2) is 66.9 Å². The van der Waals surface area contributed by atoms with Gasteiger partial charge in [0.1, 0.15) is 6.54 Å². The second-order valence-corrected chi connectivity index (χ2v) is 10.2. The number of benzene rings is 2. The van der Waals surface area contributed by atoms with E-state index in [1.54, 1.807) is 12.0 Å². The molecule has 0 spiro atoms. The monoisotopic (exact) mass is 523 g/mol. The lowest BCUT2D eigenvalue weighted by atomic mass is 10.1. The normalized spacial score (nSPS) is 11.1. The van der Waals surface area contributed by atoms with Gasteiger partial charge in [-0.2, -0.15) is 0 Å². The minimum atomic E-state index is -0.130. The van der Waals surface area contributed by atoms with E-state index in [-0.39, 0.29) is 24.3 Å². The number of aryl methyl sites for hydroxylation is 1. The minimum absolute atomic E-state index is 0.0226. The number of carbonyl (C=O) groups excluding carboxylic acids is 2. The topological polar surface area (TPSA) is 54.8 Å². The third-order valence-electron chi connectivity index (χ3n) is 6.28. The number of methoxy groups -OCH3 is 1. The minimum Gasteiger partial charge on any atom is -0.385 e. The van der Waals surface area contributed by atoms with Crippen molar-refractivity contribution in [3.8, 4) is 0 Å². The van der Waals surface area contributed by atoms with Gasteiger partial charge >= 0.3 is 0 Å². The van der Waals surface area contributed by atoms with E-state index in [2.05, 4.69) is 18.4 Å². The molecule has 0 N–H and O–H groups in total. The molecule has 0 atom stereocenters. The number of aromatic nitrogens is 1. The maximum absolute atomic E-state index is 13.7. The molecule has 3 aromatic rings. The summed E-state index contributed by atoms with van der Waals surface area (Å²) in [5.41, 5.74) is 3.56. The highest BCUT2D eigenvalue weighted by Gasteiger charge is 2.24. The first-order valence-electron chi connectivity index (χ1n) is 12.8. The zero-order valence-electron chi connectivity index (χ0n) is 22.3. The van der Waals surface area contributed by atoms with Crippen LogP contribution in [-0.2, 0) is 22.6 Å². The van der Waals surface area contributed by atoms with Crippen molar-refractivity contribution in [2.45, 2.75) is 40.3 Å². The third kappa shape index (κ3) is 8.20. The lowest BCUT2D eigenvalue weighted by Gasteiger charge is -2.29. The molecule has 0 radical (unpaired) electrons. The Morgan fingerprint density at radius 3 is 2.43 bits per heavy atom. The number of ether oxygens (including phenoxy) is 1. The van der Waals surface area contributed by atoms with E-state index in [9.17, 15) is 9.59 Å². The third-order valence-corrected chi connectivity index (χ3v) is 6.65. The van der Waals surface area contributed by atoms with Crippen LogP contribution in [0.3, 0.4) is 0 Å². The van der Waals surface area contributed by atoms with Crippen molar-refractivity contribution in [2.24, 2.45) is 5.92 Å². The molecule has 0 aliphatic carbocycles. The molecule has 1 heterocycles. The van der Waals surface area contributed by atoms with E-state index in [0.717, 1.165) is 21.8 Å². The summed E-state index contributed by atoms with van der Waals surface area (Å²) in [6, 6.07) is 19.3. The standard InChI is InChI=1S/C30H38ClN3O3/c1-23(2)19-34(21-26-13-9-16-32(26)20-25-12-6-8-15-28(25)31)29(35)22-33(17-10-18-37-4)30(36)27-14-7-5-11-24(27)3/h5-9,11-16,23H,10,17-22H2,1-4H3. The van der Waals surface area contributed by atoms with Crippen molar-refractivity contribution in [3.05, 3.63) is 94.3 Å². The molecule has 7 heteroatoms. The lowest BCUT2D eigenvalue weighted by molar-refractivity contribution is -0.133. The molecule has 198 valence electrons. The Hall–Kier alpha value is -3.09. The maximum atomic E-state index is 13.7. The highest BCUT2D eigenvalue weighted by atomic mass is 35.5. The van der Waals surface area contributed by atoms with Gasteiger partial charge in [0.05, 0.1) is 6.54 Å². The maximum Gasteiger partial charge on any atom is 0.254 e. The van der Waals surface area contributed by atoms with Crippen molar-refractivity contribution < 1.29 is 14.3 Å². The van der Waals surface area contributed by atoms with Crippen molar-refractivity contribution in [1.29, 1.82) is 0 Å². The van der Waals surface area contributed by atoms with E-state index in [1.165, 1.54) is 0 Å². The van der Waals surface area contributed by atoms with Gasteiger partial charge in [-0.1, -0.05) is 61.8 Å². The number of hydrogen-bond donors (Lipinski definition) is 0. The summed E-state index contributed by atoms with van der Waals surface area (Å²) in [7, 11) is 1.64. The fourth-order valence-electron chi connectivity index (χ4n) is 4.35. The zero-order chi connectivity index (χ0) is 26.8. The van der Waals surface area contributed by atoms with Gasteiger partial charge in [-0.15, -0.1) is 0 Å². The van der Waals surface area contributed by atoms with Crippen LogP contribution in [-0.4, -0.2) is 59.5 Å². The molecule has 0 fully saturated rings. The summed E-state index contributed by atoms with van der Waals surface area (Å²) in [5, 5.41) is 0.721. The van der Waals surface area contributed by atoms with Crippen molar-refractivity contribution in [1.82, 2.24) is 14.4 Å². The Morgan fingerprint density at radius 1 is 1.00 bits per heavy atom. The molecule has 1 aromatic heterocycles. The quantitative estimate of drug-likeness (QED) is 0.271. The van der Waals surface area contributed by atoms with Crippen LogP contribution in [0.4, 0.5) is 0 Å². The van der Waals surface area contributed by atoms with E-state index < -0.39 is 0 Å². The van der Waals surface area contributed by atoms with Crippen LogP contribution in [0.1, 0.15) is 47.4 Å². The average molecular weight is 524 g/mol. The molecular weight excluding hydrogens is 486 g/mol. The number of carbonyl (C=O) groups is 2. The van der Waals surface area contributed by atoms with Crippen LogP contribution < -0.4 is 0 Å². The van der Waals surface area contributed by atoms with Gasteiger partial charge in [0.25, 0.3) is 5.91 Å². The number of nitrogens with zero attached hydrogens (tertiary/aromatic N) is 3. The van der Waals surface area contributed by atoms with E-state index in [1.807, 2.05) is 78.7 Å². The SMILES string of the molecule is COCCCN(CC(=O)N(Cc1cccn1Cc1ccccc1Cl)CC(C)C)C(=O)c1ccccc1C. The van der Waals surface area contributed by atoms with Gasteiger partial charge in [-0.05, 0) is 54.7 Å². The fourth-order valence-corrected chi connectivity index (χ4v) is 4.54.